The quantitative estimate of drug-likeness (QED) is 0.556. The molecule has 0 spiro atoms. The monoisotopic (exact) mass is 166 g/mol. The number of rotatable bonds is 0. The van der Waals surface area contributed by atoms with Crippen molar-refractivity contribution in [3.05, 3.63) is 11.8 Å². The number of carbonyl (C=O) groups is 2. The fourth-order valence-corrected chi connectivity index (χ4v) is 0.719. The summed E-state index contributed by atoms with van der Waals surface area (Å²) in [6.45, 7) is 3.07. The maximum Gasteiger partial charge on any atom is 0.368 e. The van der Waals surface area contributed by atoms with Gasteiger partial charge in [0, 0.05) is 18.7 Å². The van der Waals surface area contributed by atoms with Crippen LogP contribution in [0.2, 0.25) is 0 Å². The predicted molar refractivity (Wildman–Crippen MR) is 42.5 cm³/mol. The Morgan fingerprint density at radius 3 is 2.83 bits per heavy atom. The van der Waals surface area contributed by atoms with Crippen molar-refractivity contribution in [2.45, 2.75) is 13.8 Å². The molecule has 0 aromatic carbocycles. The van der Waals surface area contributed by atoms with Crippen LogP contribution in [0.15, 0.2) is 16.8 Å². The summed E-state index contributed by atoms with van der Waals surface area (Å²) < 4.78 is 0. The third-order valence-corrected chi connectivity index (χ3v) is 1.24. The highest BCUT2D eigenvalue weighted by molar-refractivity contribution is 6.12. The molecule has 0 unspecified atom stereocenters. The van der Waals surface area contributed by atoms with E-state index in [1.807, 2.05) is 0 Å². The molecule has 0 saturated heterocycles. The minimum atomic E-state index is -0.593. The molecular weight excluding hydrogens is 158 g/mol. The van der Waals surface area contributed by atoms with Crippen molar-refractivity contribution >= 4 is 17.8 Å². The second-order valence-corrected chi connectivity index (χ2v) is 2.37. The zero-order chi connectivity index (χ0) is 9.14. The molecule has 0 aromatic heterocycles. The lowest BCUT2D eigenvalue weighted by atomic mass is 10.3. The molecule has 5 heteroatoms. The minimum Gasteiger partial charge on any atom is -0.311 e. The molecule has 1 N–H and O–H groups in total. The molecule has 0 aliphatic carbocycles. The van der Waals surface area contributed by atoms with Gasteiger partial charge in [-0.25, -0.2) is 4.79 Å². The Morgan fingerprint density at radius 1 is 1.58 bits per heavy atom. The van der Waals surface area contributed by atoms with Gasteiger partial charge >= 0.3 is 6.03 Å². The molecule has 1 rings (SSSR count). The van der Waals surface area contributed by atoms with E-state index < -0.39 is 6.03 Å². The summed E-state index contributed by atoms with van der Waals surface area (Å²) in [7, 11) is 0. The maximum atomic E-state index is 10.7. The average molecular weight is 166 g/mol. The van der Waals surface area contributed by atoms with Crippen LogP contribution in [0.25, 0.3) is 0 Å². The Bertz CT molecular complexity index is 291. The van der Waals surface area contributed by atoms with Crippen molar-refractivity contribution in [3.8, 4) is 0 Å². The minimum absolute atomic E-state index is 0.254. The fourth-order valence-electron chi connectivity index (χ4n) is 0.719. The number of amides is 3. The highest BCUT2D eigenvalue weighted by Crippen LogP contribution is 2.00. The van der Waals surface area contributed by atoms with Gasteiger partial charge in [-0.1, -0.05) is 0 Å². The number of hydrogen-bond donors (Lipinski definition) is 1. The number of hydrogen-bond acceptors (Lipinski definition) is 2. The molecule has 1 heterocycles. The Labute approximate surface area is 69.6 Å². The Hall–Kier alpha value is -1.65. The normalized spacial score (nSPS) is 16.0. The standard InChI is InChI=1S/C7H8N3O2/c1-4-3-8-7(12)10-6(4)9-5(2)11/h3H,1-2H3,(H,9,10,11,12). The van der Waals surface area contributed by atoms with Crippen molar-refractivity contribution < 1.29 is 9.59 Å². The SMILES string of the molecule is CC(=O)NC1=NC(=O)[N]C=C1C. The van der Waals surface area contributed by atoms with Crippen LogP contribution >= 0.6 is 0 Å². The molecule has 0 fully saturated rings. The lowest BCUT2D eigenvalue weighted by Crippen LogP contribution is -2.33. The van der Waals surface area contributed by atoms with Gasteiger partial charge in [0.2, 0.25) is 5.91 Å². The molecule has 0 saturated carbocycles. The highest BCUT2D eigenvalue weighted by atomic mass is 16.2. The highest BCUT2D eigenvalue weighted by Gasteiger charge is 2.12. The van der Waals surface area contributed by atoms with Gasteiger partial charge in [-0.3, -0.25) is 4.79 Å². The summed E-state index contributed by atoms with van der Waals surface area (Å²) >= 11 is 0. The van der Waals surface area contributed by atoms with Crippen LogP contribution in [0.5, 0.6) is 0 Å². The third kappa shape index (κ3) is 1.91. The predicted octanol–water partition coefficient (Wildman–Crippen LogP) is 0.163. The van der Waals surface area contributed by atoms with Crippen molar-refractivity contribution in [3.63, 3.8) is 0 Å². The summed E-state index contributed by atoms with van der Waals surface area (Å²) in [6.07, 6.45) is 1.38. The Kier molecular flexibility index (Phi) is 2.23. The van der Waals surface area contributed by atoms with E-state index in [1.165, 1.54) is 13.1 Å². The van der Waals surface area contributed by atoms with Crippen LogP contribution in [0, 0.1) is 0 Å². The van der Waals surface area contributed by atoms with E-state index in [2.05, 4.69) is 15.6 Å². The lowest BCUT2D eigenvalue weighted by Gasteiger charge is -2.09. The van der Waals surface area contributed by atoms with E-state index in [0.717, 1.165) is 0 Å². The molecule has 3 amide bonds. The van der Waals surface area contributed by atoms with Crippen LogP contribution < -0.4 is 10.6 Å². The number of amidine groups is 1. The number of carbonyl (C=O) groups excluding carboxylic acids is 2. The van der Waals surface area contributed by atoms with E-state index >= 15 is 0 Å². The first-order valence-electron chi connectivity index (χ1n) is 3.38. The molecule has 1 radical (unpaired) electrons. The molecule has 0 atom stereocenters. The average Bonchev–Trinajstić information content (AvgIpc) is 1.96. The second kappa shape index (κ2) is 3.17. The van der Waals surface area contributed by atoms with Gasteiger partial charge in [-0.15, -0.1) is 0 Å². The summed E-state index contributed by atoms with van der Waals surface area (Å²) in [5.74, 6) is 0.0266. The largest absolute Gasteiger partial charge is 0.368 e. The first-order valence-corrected chi connectivity index (χ1v) is 3.38. The Balaban J connectivity index is 2.79. The van der Waals surface area contributed by atoms with Gasteiger partial charge in [0.15, 0.2) is 0 Å². The van der Waals surface area contributed by atoms with Gasteiger partial charge in [0.25, 0.3) is 0 Å². The van der Waals surface area contributed by atoms with E-state index in [0.29, 0.717) is 5.57 Å². The number of nitrogens with zero attached hydrogens (tertiary/aromatic N) is 2. The summed E-state index contributed by atoms with van der Waals surface area (Å²) in [5, 5.41) is 5.85. The maximum absolute atomic E-state index is 10.7. The van der Waals surface area contributed by atoms with E-state index in [9.17, 15) is 9.59 Å². The lowest BCUT2D eigenvalue weighted by molar-refractivity contribution is -0.117. The van der Waals surface area contributed by atoms with Crippen LogP contribution in [0.4, 0.5) is 4.79 Å². The molecule has 12 heavy (non-hydrogen) atoms. The molecule has 1 aliphatic rings. The first kappa shape index (κ1) is 8.45. The van der Waals surface area contributed by atoms with Crippen molar-refractivity contribution in [1.82, 2.24) is 10.6 Å². The number of nitrogens with one attached hydrogen (secondary N) is 1. The zero-order valence-corrected chi connectivity index (χ0v) is 6.79. The van der Waals surface area contributed by atoms with E-state index in [4.69, 9.17) is 0 Å². The van der Waals surface area contributed by atoms with Crippen LogP contribution in [-0.2, 0) is 4.79 Å². The van der Waals surface area contributed by atoms with E-state index in [-0.39, 0.29) is 11.7 Å². The van der Waals surface area contributed by atoms with Crippen LogP contribution in [0.3, 0.4) is 0 Å². The van der Waals surface area contributed by atoms with Crippen LogP contribution in [-0.4, -0.2) is 17.8 Å². The molecular formula is C7H8N3O2. The van der Waals surface area contributed by atoms with Crippen LogP contribution in [0.1, 0.15) is 13.8 Å². The summed E-state index contributed by atoms with van der Waals surface area (Å²) in [6, 6.07) is -0.593. The first-order chi connectivity index (χ1) is 5.59. The number of aliphatic imine (C=N–C) groups is 1. The third-order valence-electron chi connectivity index (χ3n) is 1.24. The fraction of sp³-hybridized carbons (Fsp3) is 0.286. The Morgan fingerprint density at radius 2 is 2.25 bits per heavy atom. The topological polar surface area (TPSA) is 72.6 Å². The second-order valence-electron chi connectivity index (χ2n) is 2.37. The molecule has 0 aromatic rings. The van der Waals surface area contributed by atoms with Crippen molar-refractivity contribution in [1.29, 1.82) is 0 Å². The molecule has 63 valence electrons. The zero-order valence-electron chi connectivity index (χ0n) is 6.79. The van der Waals surface area contributed by atoms with Crippen molar-refractivity contribution in [2.75, 3.05) is 0 Å². The van der Waals surface area contributed by atoms with E-state index in [1.54, 1.807) is 6.92 Å². The van der Waals surface area contributed by atoms with Gasteiger partial charge in [-0.2, -0.15) is 10.3 Å². The van der Waals surface area contributed by atoms with Crippen molar-refractivity contribution in [2.24, 2.45) is 4.99 Å². The summed E-state index contributed by atoms with van der Waals surface area (Å²) in [5.41, 5.74) is 0.671. The molecule has 1 aliphatic heterocycles. The summed E-state index contributed by atoms with van der Waals surface area (Å²) in [4.78, 5) is 24.8. The molecule has 5 nitrogen and oxygen atoms in total. The molecule has 0 bridgehead atoms. The van der Waals surface area contributed by atoms with Gasteiger partial charge in [-0.05, 0) is 6.92 Å². The number of urea groups is 1. The smallest absolute Gasteiger partial charge is 0.311 e. The van der Waals surface area contributed by atoms with Gasteiger partial charge in [0.1, 0.15) is 5.84 Å². The van der Waals surface area contributed by atoms with Gasteiger partial charge < -0.3 is 5.32 Å². The van der Waals surface area contributed by atoms with Gasteiger partial charge in [0.05, 0.1) is 0 Å².